The highest BCUT2D eigenvalue weighted by Gasteiger charge is 2.31. The van der Waals surface area contributed by atoms with E-state index in [0.717, 1.165) is 37.9 Å². The van der Waals surface area contributed by atoms with Crippen LogP contribution in [0.4, 0.5) is 0 Å². The summed E-state index contributed by atoms with van der Waals surface area (Å²) in [5, 5.41) is 0. The maximum Gasteiger partial charge on any atom is 0.160 e. The monoisotopic (exact) mass is 377 g/mol. The van der Waals surface area contributed by atoms with Crippen molar-refractivity contribution >= 4 is 5.78 Å². The number of allylic oxidation sites excluding steroid dienone is 1. The van der Waals surface area contributed by atoms with Crippen molar-refractivity contribution in [1.82, 2.24) is 4.90 Å². The van der Waals surface area contributed by atoms with Crippen LogP contribution in [0.25, 0.3) is 0 Å². The van der Waals surface area contributed by atoms with Gasteiger partial charge in [-0.15, -0.1) is 0 Å². The molecule has 0 atom stereocenters. The zero-order valence-electron chi connectivity index (χ0n) is 19.0. The normalized spacial score (nSPS) is 16.4. The van der Waals surface area contributed by atoms with Crippen LogP contribution in [0.2, 0.25) is 0 Å². The number of nitrogens with zero attached hydrogens (tertiary/aromatic N) is 1. The summed E-state index contributed by atoms with van der Waals surface area (Å²) in [6.07, 6.45) is 21.6. The minimum Gasteiger partial charge on any atom is -0.377 e. The molecule has 1 aliphatic rings. The van der Waals surface area contributed by atoms with Gasteiger partial charge in [-0.1, -0.05) is 97.8 Å². The van der Waals surface area contributed by atoms with Crippen LogP contribution in [-0.4, -0.2) is 23.8 Å². The van der Waals surface area contributed by atoms with Gasteiger partial charge in [0, 0.05) is 31.3 Å². The number of hydrogen-bond donors (Lipinski definition) is 0. The van der Waals surface area contributed by atoms with Gasteiger partial charge in [-0.05, 0) is 25.2 Å². The predicted octanol–water partition coefficient (Wildman–Crippen LogP) is 7.67. The lowest BCUT2D eigenvalue weighted by atomic mass is 9.76. The quantitative estimate of drug-likeness (QED) is 0.257. The summed E-state index contributed by atoms with van der Waals surface area (Å²) in [5.41, 5.74) is 1.12. The van der Waals surface area contributed by atoms with Gasteiger partial charge in [0.05, 0.1) is 0 Å². The Morgan fingerprint density at radius 2 is 1.33 bits per heavy atom. The van der Waals surface area contributed by atoms with Crippen LogP contribution >= 0.6 is 0 Å². The van der Waals surface area contributed by atoms with E-state index in [0.29, 0.717) is 5.78 Å². The van der Waals surface area contributed by atoms with Gasteiger partial charge in [-0.25, -0.2) is 0 Å². The van der Waals surface area contributed by atoms with Gasteiger partial charge >= 0.3 is 0 Å². The first-order valence-corrected chi connectivity index (χ1v) is 12.0. The number of ketones is 1. The van der Waals surface area contributed by atoms with Crippen LogP contribution in [0.5, 0.6) is 0 Å². The Morgan fingerprint density at radius 1 is 0.852 bits per heavy atom. The van der Waals surface area contributed by atoms with Crippen LogP contribution in [0, 0.1) is 5.41 Å². The third-order valence-electron chi connectivity index (χ3n) is 6.28. The van der Waals surface area contributed by atoms with Crippen molar-refractivity contribution in [3.05, 3.63) is 11.8 Å². The topological polar surface area (TPSA) is 20.3 Å². The molecule has 0 aromatic heterocycles. The average molecular weight is 378 g/mol. The van der Waals surface area contributed by atoms with Gasteiger partial charge in [0.15, 0.2) is 5.78 Å². The lowest BCUT2D eigenvalue weighted by Crippen LogP contribution is -2.34. The van der Waals surface area contributed by atoms with Crippen LogP contribution in [0.1, 0.15) is 124 Å². The molecule has 0 saturated carbocycles. The molecule has 0 radical (unpaired) electrons. The third-order valence-corrected chi connectivity index (χ3v) is 6.28. The van der Waals surface area contributed by atoms with Crippen molar-refractivity contribution in [3.63, 3.8) is 0 Å². The lowest BCUT2D eigenvalue weighted by molar-refractivity contribution is -0.117. The summed E-state index contributed by atoms with van der Waals surface area (Å²) in [4.78, 5) is 15.0. The van der Waals surface area contributed by atoms with Crippen molar-refractivity contribution in [2.24, 2.45) is 5.41 Å². The largest absolute Gasteiger partial charge is 0.377 e. The van der Waals surface area contributed by atoms with Crippen molar-refractivity contribution < 1.29 is 4.79 Å². The van der Waals surface area contributed by atoms with E-state index in [-0.39, 0.29) is 5.41 Å². The molecule has 1 rings (SSSR count). The fourth-order valence-electron chi connectivity index (χ4n) is 4.12. The zero-order chi connectivity index (χ0) is 20.0. The van der Waals surface area contributed by atoms with E-state index in [1.807, 2.05) is 0 Å². The van der Waals surface area contributed by atoms with Crippen LogP contribution in [-0.2, 0) is 4.79 Å². The molecule has 2 heteroatoms. The third kappa shape index (κ3) is 10.4. The molecule has 0 aliphatic carbocycles. The van der Waals surface area contributed by atoms with E-state index in [9.17, 15) is 4.79 Å². The number of rotatable bonds is 16. The van der Waals surface area contributed by atoms with Crippen molar-refractivity contribution in [2.45, 2.75) is 124 Å². The van der Waals surface area contributed by atoms with E-state index in [1.165, 1.54) is 77.0 Å². The summed E-state index contributed by atoms with van der Waals surface area (Å²) >= 11 is 0. The average Bonchev–Trinajstić information content (AvgIpc) is 2.65. The van der Waals surface area contributed by atoms with Gasteiger partial charge in [-0.2, -0.15) is 0 Å². The van der Waals surface area contributed by atoms with Gasteiger partial charge in [0.2, 0.25) is 0 Å². The van der Waals surface area contributed by atoms with Gasteiger partial charge in [0.1, 0.15) is 0 Å². The highest BCUT2D eigenvalue weighted by molar-refractivity contribution is 5.96. The Labute approximate surface area is 170 Å². The second-order valence-corrected chi connectivity index (χ2v) is 9.22. The number of carbonyl (C=O) groups excluding carboxylic acids is 1. The van der Waals surface area contributed by atoms with E-state index in [4.69, 9.17) is 0 Å². The molecule has 0 bridgehead atoms. The molecular weight excluding hydrogens is 330 g/mol. The minimum atomic E-state index is 0.0549. The summed E-state index contributed by atoms with van der Waals surface area (Å²) < 4.78 is 0. The highest BCUT2D eigenvalue weighted by atomic mass is 16.1. The smallest absolute Gasteiger partial charge is 0.160 e. The molecule has 0 unspecified atom stereocenters. The van der Waals surface area contributed by atoms with Crippen LogP contribution in [0.15, 0.2) is 11.8 Å². The van der Waals surface area contributed by atoms with E-state index < -0.39 is 0 Å². The Bertz CT molecular complexity index is 424. The van der Waals surface area contributed by atoms with Crippen molar-refractivity contribution in [2.75, 3.05) is 13.1 Å². The summed E-state index contributed by atoms with van der Waals surface area (Å²) in [6.45, 7) is 11.0. The Kier molecular flexibility index (Phi) is 12.8. The second kappa shape index (κ2) is 14.2. The Hall–Kier alpha value is -0.790. The first-order valence-electron chi connectivity index (χ1n) is 12.0. The molecule has 0 aromatic rings. The van der Waals surface area contributed by atoms with Gasteiger partial charge in [-0.3, -0.25) is 4.79 Å². The first-order chi connectivity index (χ1) is 13.0. The molecule has 0 aromatic carbocycles. The van der Waals surface area contributed by atoms with E-state index in [1.54, 1.807) is 0 Å². The Balaban J connectivity index is 2.03. The number of unbranched alkanes of at least 4 members (excludes halogenated alkanes) is 12. The second-order valence-electron chi connectivity index (χ2n) is 9.22. The first kappa shape index (κ1) is 24.2. The predicted molar refractivity (Wildman–Crippen MR) is 119 cm³/mol. The fraction of sp³-hybridized carbons (Fsp3) is 0.880. The minimum absolute atomic E-state index is 0.0549. The maximum absolute atomic E-state index is 12.7. The molecule has 1 aliphatic heterocycles. The standard InChI is InChI=1S/C25H47NO/c1-5-7-8-9-10-11-12-13-14-15-16-17-18-19-24(27)23-22-26(6-2)21-20-25(23,3)4/h22H,5-21H2,1-4H3. The van der Waals surface area contributed by atoms with Crippen LogP contribution in [0.3, 0.4) is 0 Å². The SMILES string of the molecule is CCCCCCCCCCCCCCCC(=O)C1=CN(CC)CCC1(C)C. The molecule has 27 heavy (non-hydrogen) atoms. The lowest BCUT2D eigenvalue weighted by Gasteiger charge is -2.36. The number of carbonyl (C=O) groups is 1. The fourth-order valence-corrected chi connectivity index (χ4v) is 4.12. The summed E-state index contributed by atoms with van der Waals surface area (Å²) in [5.74, 6) is 0.390. The molecule has 158 valence electrons. The number of hydrogen-bond acceptors (Lipinski definition) is 2. The highest BCUT2D eigenvalue weighted by Crippen LogP contribution is 2.35. The molecule has 0 fully saturated rings. The van der Waals surface area contributed by atoms with Crippen molar-refractivity contribution in [1.29, 1.82) is 0 Å². The van der Waals surface area contributed by atoms with Crippen LogP contribution < -0.4 is 0 Å². The summed E-state index contributed by atoms with van der Waals surface area (Å²) in [7, 11) is 0. The molecule has 0 spiro atoms. The van der Waals surface area contributed by atoms with E-state index in [2.05, 4.69) is 38.8 Å². The van der Waals surface area contributed by atoms with Crippen molar-refractivity contribution in [3.8, 4) is 0 Å². The maximum atomic E-state index is 12.7. The van der Waals surface area contributed by atoms with Gasteiger partial charge in [0.25, 0.3) is 0 Å². The van der Waals surface area contributed by atoms with Gasteiger partial charge < -0.3 is 4.90 Å². The molecule has 0 saturated heterocycles. The Morgan fingerprint density at radius 3 is 1.81 bits per heavy atom. The zero-order valence-corrected chi connectivity index (χ0v) is 19.0. The molecule has 1 heterocycles. The molecule has 0 amide bonds. The molecular formula is C25H47NO. The summed E-state index contributed by atoms with van der Waals surface area (Å²) in [6, 6.07) is 0. The van der Waals surface area contributed by atoms with E-state index >= 15 is 0 Å². The molecule has 0 N–H and O–H groups in total. The molecule has 2 nitrogen and oxygen atoms in total. The number of Topliss-reactive ketones (excluding diaryl/α,β-unsaturated/α-hetero) is 1.